The van der Waals surface area contributed by atoms with E-state index in [1.54, 1.807) is 25.1 Å². The van der Waals surface area contributed by atoms with Gasteiger partial charge in [-0.25, -0.2) is 9.97 Å². The third kappa shape index (κ3) is 3.68. The summed E-state index contributed by atoms with van der Waals surface area (Å²) in [5, 5.41) is 32.4. The summed E-state index contributed by atoms with van der Waals surface area (Å²) in [5.74, 6) is 0.448. The lowest BCUT2D eigenvalue weighted by Crippen LogP contribution is -2.14. The van der Waals surface area contributed by atoms with E-state index in [9.17, 15) is 15.5 Å². The molecule has 1 atom stereocenters. The summed E-state index contributed by atoms with van der Waals surface area (Å²) < 4.78 is 1.98. The fourth-order valence-corrected chi connectivity index (χ4v) is 3.75. The molecule has 3 aromatic heterocycles. The summed E-state index contributed by atoms with van der Waals surface area (Å²) in [4.78, 5) is 13.2. The lowest BCUT2D eigenvalue weighted by Gasteiger charge is -2.20. The van der Waals surface area contributed by atoms with Crippen molar-refractivity contribution in [3.05, 3.63) is 59.0 Å². The van der Waals surface area contributed by atoms with E-state index >= 15 is 0 Å². The van der Waals surface area contributed by atoms with Crippen molar-refractivity contribution in [2.24, 2.45) is 7.05 Å². The Morgan fingerprint density at radius 2 is 2.00 bits per heavy atom. The SMILES string of the molecule is Cc1nc(N)nc(N[C@@H](C)c2nc3ccn(C)c3cc2-c2ccc(O)c(CO)c2)c1C#N. The molecule has 0 radical (unpaired) electrons. The average Bonchev–Trinajstić information content (AvgIpc) is 3.13. The number of pyridine rings is 1. The first-order valence-electron chi connectivity index (χ1n) is 10.0. The van der Waals surface area contributed by atoms with Gasteiger partial charge in [-0.1, -0.05) is 6.07 Å². The zero-order chi connectivity index (χ0) is 23.0. The summed E-state index contributed by atoms with van der Waals surface area (Å²) >= 11 is 0. The van der Waals surface area contributed by atoms with Crippen molar-refractivity contribution in [1.29, 1.82) is 5.26 Å². The molecule has 0 unspecified atom stereocenters. The van der Waals surface area contributed by atoms with Crippen LogP contribution in [0.1, 0.15) is 35.5 Å². The molecule has 9 nitrogen and oxygen atoms in total. The molecule has 4 rings (SSSR count). The standard InChI is InChI=1S/C23H23N7O2/c1-12-17(10-24)22(29-23(25)27-12)26-13(2)21-16(9-19-18(28-21)6-7-30(19)3)14-4-5-20(32)15(8-14)11-31/h4-9,13,31-32H,11H2,1-3H3,(H3,25,26,27,29)/t13-/m0/s1. The number of anilines is 2. The molecule has 0 aliphatic heterocycles. The minimum absolute atomic E-state index is 0.0301. The first-order chi connectivity index (χ1) is 15.3. The van der Waals surface area contributed by atoms with Crippen molar-refractivity contribution >= 4 is 22.8 Å². The number of nitriles is 1. The Morgan fingerprint density at radius 1 is 1.22 bits per heavy atom. The number of aryl methyl sites for hydroxylation is 2. The Hall–Kier alpha value is -4.16. The fourth-order valence-electron chi connectivity index (χ4n) is 3.75. The van der Waals surface area contributed by atoms with Crippen LogP contribution in [0.2, 0.25) is 0 Å². The van der Waals surface area contributed by atoms with E-state index in [0.29, 0.717) is 22.6 Å². The van der Waals surface area contributed by atoms with Crippen LogP contribution in [0.5, 0.6) is 5.75 Å². The van der Waals surface area contributed by atoms with Gasteiger partial charge in [0, 0.05) is 24.4 Å². The molecule has 0 saturated heterocycles. The van der Waals surface area contributed by atoms with Crippen LogP contribution in [0.4, 0.5) is 11.8 Å². The summed E-state index contributed by atoms with van der Waals surface area (Å²) in [6, 6.07) is 10.8. The van der Waals surface area contributed by atoms with Gasteiger partial charge < -0.3 is 25.8 Å². The Bertz CT molecular complexity index is 1370. The molecule has 5 N–H and O–H groups in total. The maximum Gasteiger partial charge on any atom is 0.222 e. The number of fused-ring (bicyclic) bond motifs is 1. The Kier molecular flexibility index (Phi) is 5.38. The third-order valence-electron chi connectivity index (χ3n) is 5.44. The number of nitrogens with zero attached hydrogens (tertiary/aromatic N) is 5. The van der Waals surface area contributed by atoms with Crippen molar-refractivity contribution in [3.8, 4) is 22.9 Å². The van der Waals surface area contributed by atoms with Gasteiger partial charge in [-0.3, -0.25) is 0 Å². The molecule has 32 heavy (non-hydrogen) atoms. The summed E-state index contributed by atoms with van der Waals surface area (Å²) in [5.41, 5.74) is 11.1. The quantitative estimate of drug-likeness (QED) is 0.378. The van der Waals surface area contributed by atoms with E-state index in [0.717, 1.165) is 27.9 Å². The number of nitrogens with one attached hydrogen (secondary N) is 1. The Balaban J connectivity index is 1.87. The number of aliphatic hydroxyl groups excluding tert-OH is 1. The molecule has 0 saturated carbocycles. The second-order valence-corrected chi connectivity index (χ2v) is 7.62. The number of hydrogen-bond acceptors (Lipinski definition) is 8. The van der Waals surface area contributed by atoms with E-state index in [2.05, 4.69) is 21.4 Å². The highest BCUT2D eigenvalue weighted by Crippen LogP contribution is 2.34. The van der Waals surface area contributed by atoms with Crippen LogP contribution in [0.3, 0.4) is 0 Å². The maximum atomic E-state index is 10.00. The molecule has 0 aliphatic rings. The van der Waals surface area contributed by atoms with Crippen LogP contribution in [0.15, 0.2) is 36.5 Å². The van der Waals surface area contributed by atoms with Crippen LogP contribution < -0.4 is 11.1 Å². The van der Waals surface area contributed by atoms with Crippen molar-refractivity contribution in [1.82, 2.24) is 19.5 Å². The molecule has 4 aromatic rings. The van der Waals surface area contributed by atoms with Crippen molar-refractivity contribution < 1.29 is 10.2 Å². The summed E-state index contributed by atoms with van der Waals surface area (Å²) in [6.45, 7) is 3.34. The number of hydrogen-bond donors (Lipinski definition) is 4. The van der Waals surface area contributed by atoms with Crippen molar-refractivity contribution in [2.45, 2.75) is 26.5 Å². The number of phenols is 1. The second-order valence-electron chi connectivity index (χ2n) is 7.62. The topological polar surface area (TPSA) is 146 Å². The molecule has 162 valence electrons. The van der Waals surface area contributed by atoms with Gasteiger partial charge in [0.25, 0.3) is 0 Å². The van der Waals surface area contributed by atoms with Crippen LogP contribution >= 0.6 is 0 Å². The molecule has 0 bridgehead atoms. The average molecular weight is 429 g/mol. The molecule has 0 fully saturated rings. The van der Waals surface area contributed by atoms with E-state index in [1.165, 1.54) is 0 Å². The minimum atomic E-state index is -0.346. The maximum absolute atomic E-state index is 10.00. The highest BCUT2D eigenvalue weighted by atomic mass is 16.3. The number of nitrogen functional groups attached to an aromatic ring is 1. The highest BCUT2D eigenvalue weighted by Gasteiger charge is 2.20. The number of aromatic nitrogens is 4. The fraction of sp³-hybridized carbons (Fsp3) is 0.217. The van der Waals surface area contributed by atoms with Gasteiger partial charge >= 0.3 is 0 Å². The molecule has 0 amide bonds. The van der Waals surface area contributed by atoms with E-state index < -0.39 is 0 Å². The smallest absolute Gasteiger partial charge is 0.222 e. The lowest BCUT2D eigenvalue weighted by atomic mass is 9.97. The summed E-state index contributed by atoms with van der Waals surface area (Å²) in [6.07, 6.45) is 1.93. The molecule has 0 spiro atoms. The summed E-state index contributed by atoms with van der Waals surface area (Å²) in [7, 11) is 1.94. The first kappa shape index (κ1) is 21.1. The molecule has 9 heteroatoms. The van der Waals surface area contributed by atoms with Gasteiger partial charge in [0.05, 0.1) is 35.1 Å². The van der Waals surface area contributed by atoms with Crippen LogP contribution in [-0.2, 0) is 13.7 Å². The Labute approximate surface area is 184 Å². The van der Waals surface area contributed by atoms with Gasteiger partial charge in [-0.15, -0.1) is 0 Å². The van der Waals surface area contributed by atoms with Gasteiger partial charge in [0.15, 0.2) is 0 Å². The molecular formula is C23H23N7O2. The van der Waals surface area contributed by atoms with Crippen LogP contribution in [0.25, 0.3) is 22.2 Å². The lowest BCUT2D eigenvalue weighted by molar-refractivity contribution is 0.275. The van der Waals surface area contributed by atoms with E-state index in [4.69, 9.17) is 10.7 Å². The zero-order valence-electron chi connectivity index (χ0n) is 18.0. The van der Waals surface area contributed by atoms with E-state index in [1.807, 2.05) is 36.9 Å². The Morgan fingerprint density at radius 3 is 2.72 bits per heavy atom. The van der Waals surface area contributed by atoms with Gasteiger partial charge in [-0.2, -0.15) is 10.2 Å². The number of aliphatic hydroxyl groups is 1. The number of nitrogens with two attached hydrogens (primary N) is 1. The van der Waals surface area contributed by atoms with Gasteiger partial charge in [-0.05, 0) is 43.7 Å². The monoisotopic (exact) mass is 429 g/mol. The van der Waals surface area contributed by atoms with Gasteiger partial charge in [0.2, 0.25) is 5.95 Å². The normalized spacial score (nSPS) is 12.0. The molecular weight excluding hydrogens is 406 g/mol. The molecule has 1 aromatic carbocycles. The van der Waals surface area contributed by atoms with Crippen LogP contribution in [0, 0.1) is 18.3 Å². The molecule has 3 heterocycles. The minimum Gasteiger partial charge on any atom is -0.508 e. The third-order valence-corrected chi connectivity index (χ3v) is 5.44. The van der Waals surface area contributed by atoms with Gasteiger partial charge in [0.1, 0.15) is 23.2 Å². The molecule has 0 aliphatic carbocycles. The zero-order valence-corrected chi connectivity index (χ0v) is 18.0. The predicted molar refractivity (Wildman–Crippen MR) is 122 cm³/mol. The predicted octanol–water partition coefficient (Wildman–Crippen LogP) is 3.16. The van der Waals surface area contributed by atoms with Crippen molar-refractivity contribution in [3.63, 3.8) is 0 Å². The first-order valence-corrected chi connectivity index (χ1v) is 10.0. The van der Waals surface area contributed by atoms with Crippen LogP contribution in [-0.4, -0.2) is 29.7 Å². The number of benzene rings is 1. The highest BCUT2D eigenvalue weighted by molar-refractivity contribution is 5.84. The van der Waals surface area contributed by atoms with Crippen molar-refractivity contribution in [2.75, 3.05) is 11.1 Å². The van der Waals surface area contributed by atoms with E-state index in [-0.39, 0.29) is 24.3 Å². The second kappa shape index (κ2) is 8.17. The number of aromatic hydroxyl groups is 1. The largest absolute Gasteiger partial charge is 0.508 e. The number of rotatable bonds is 5.